The number of nitrogens with zero attached hydrogens (tertiary/aromatic N) is 3. The lowest BCUT2D eigenvalue weighted by Crippen LogP contribution is -2.47. The molecule has 1 saturated heterocycles. The Hall–Kier alpha value is -1.02. The molecule has 1 saturated carbocycles. The topological polar surface area (TPSA) is 71.7 Å². The number of hydrogen-bond donors (Lipinski definition) is 1. The second-order valence-corrected chi connectivity index (χ2v) is 7.48. The van der Waals surface area contributed by atoms with Gasteiger partial charge in [0.15, 0.2) is 0 Å². The zero-order valence-corrected chi connectivity index (χ0v) is 13.8. The molecule has 0 radical (unpaired) electrons. The molecule has 1 aliphatic carbocycles. The molecule has 2 N–H and O–H groups in total. The Balaban J connectivity index is 1.48. The van der Waals surface area contributed by atoms with Gasteiger partial charge in [-0.15, -0.1) is 11.3 Å². The summed E-state index contributed by atoms with van der Waals surface area (Å²) in [5, 5.41) is 1.31. The molecule has 1 aliphatic heterocycles. The summed E-state index contributed by atoms with van der Waals surface area (Å²) in [5.41, 5.74) is 5.22. The largest absolute Gasteiger partial charge is 0.374 e. The van der Waals surface area contributed by atoms with Crippen LogP contribution in [0.5, 0.6) is 0 Å². The van der Waals surface area contributed by atoms with Crippen LogP contribution in [0.15, 0.2) is 6.20 Å². The van der Waals surface area contributed by atoms with Gasteiger partial charge in [0.05, 0.1) is 24.3 Å². The van der Waals surface area contributed by atoms with E-state index in [0.29, 0.717) is 0 Å². The van der Waals surface area contributed by atoms with Crippen molar-refractivity contribution < 1.29 is 9.53 Å². The summed E-state index contributed by atoms with van der Waals surface area (Å²) in [4.78, 5) is 21.2. The summed E-state index contributed by atoms with van der Waals surface area (Å²) in [5.74, 6) is 0.436. The van der Waals surface area contributed by atoms with E-state index in [4.69, 9.17) is 10.5 Å². The van der Waals surface area contributed by atoms with E-state index in [1.807, 2.05) is 29.5 Å². The Morgan fingerprint density at radius 3 is 3.14 bits per heavy atom. The number of aromatic nitrogens is 1. The van der Waals surface area contributed by atoms with Crippen LogP contribution in [0.2, 0.25) is 0 Å². The minimum absolute atomic E-state index is 0.133. The van der Waals surface area contributed by atoms with Gasteiger partial charge >= 0.3 is 0 Å². The molecular formula is C15H24N4O2S. The molecule has 1 aromatic rings. The molecule has 2 aliphatic rings. The van der Waals surface area contributed by atoms with Crippen molar-refractivity contribution in [2.75, 3.05) is 39.8 Å². The van der Waals surface area contributed by atoms with Gasteiger partial charge in [-0.05, 0) is 19.9 Å². The molecule has 1 amide bonds. The first kappa shape index (κ1) is 15.9. The summed E-state index contributed by atoms with van der Waals surface area (Å²) < 4.78 is 5.80. The number of carbonyl (C=O) groups is 1. The minimum atomic E-state index is -0.299. The summed E-state index contributed by atoms with van der Waals surface area (Å²) in [6, 6.07) is 0. The van der Waals surface area contributed by atoms with Crippen molar-refractivity contribution in [2.24, 2.45) is 5.73 Å². The highest BCUT2D eigenvalue weighted by molar-refractivity contribution is 7.11. The Bertz CT molecular complexity index is 517. The quantitative estimate of drug-likeness (QED) is 0.797. The Labute approximate surface area is 135 Å². The highest BCUT2D eigenvalue weighted by Crippen LogP contribution is 2.41. The van der Waals surface area contributed by atoms with E-state index < -0.39 is 0 Å². The maximum atomic E-state index is 10.9. The number of primary amides is 1. The van der Waals surface area contributed by atoms with Gasteiger partial charge in [0, 0.05) is 43.2 Å². The van der Waals surface area contributed by atoms with Crippen LogP contribution in [0.25, 0.3) is 0 Å². The maximum absolute atomic E-state index is 10.9. The molecule has 1 atom stereocenters. The second-order valence-electron chi connectivity index (χ2n) is 6.33. The molecule has 0 bridgehead atoms. The molecule has 7 heteroatoms. The molecule has 1 aromatic heterocycles. The van der Waals surface area contributed by atoms with Crippen molar-refractivity contribution in [1.29, 1.82) is 0 Å². The molecule has 22 heavy (non-hydrogen) atoms. The zero-order valence-electron chi connectivity index (χ0n) is 13.0. The molecule has 3 rings (SSSR count). The van der Waals surface area contributed by atoms with E-state index in [0.717, 1.165) is 38.7 Å². The van der Waals surface area contributed by atoms with Crippen LogP contribution < -0.4 is 5.73 Å². The number of ether oxygens (including phenoxy) is 1. The predicted molar refractivity (Wildman–Crippen MR) is 85.8 cm³/mol. The van der Waals surface area contributed by atoms with E-state index in [-0.39, 0.29) is 18.6 Å². The summed E-state index contributed by atoms with van der Waals surface area (Å²) >= 11 is 1.86. The fraction of sp³-hybridized carbons (Fsp3) is 0.733. The van der Waals surface area contributed by atoms with E-state index >= 15 is 0 Å². The Morgan fingerprint density at radius 1 is 1.59 bits per heavy atom. The van der Waals surface area contributed by atoms with Gasteiger partial charge in [0.25, 0.3) is 0 Å². The van der Waals surface area contributed by atoms with Crippen molar-refractivity contribution >= 4 is 17.2 Å². The van der Waals surface area contributed by atoms with Crippen molar-refractivity contribution in [2.45, 2.75) is 31.4 Å². The van der Waals surface area contributed by atoms with Crippen LogP contribution in [0.1, 0.15) is 28.6 Å². The summed E-state index contributed by atoms with van der Waals surface area (Å²) in [7, 11) is 1.90. The van der Waals surface area contributed by atoms with Crippen molar-refractivity contribution in [3.05, 3.63) is 16.1 Å². The Morgan fingerprint density at radius 2 is 2.41 bits per heavy atom. The van der Waals surface area contributed by atoms with Crippen molar-refractivity contribution in [1.82, 2.24) is 14.8 Å². The lowest BCUT2D eigenvalue weighted by molar-refractivity contribution is -0.119. The minimum Gasteiger partial charge on any atom is -0.374 e. The predicted octanol–water partition coefficient (Wildman–Crippen LogP) is 0.638. The van der Waals surface area contributed by atoms with Crippen LogP contribution in [-0.2, 0) is 16.1 Å². The van der Waals surface area contributed by atoms with E-state index in [2.05, 4.69) is 9.88 Å². The normalized spacial score (nSPS) is 23.1. The van der Waals surface area contributed by atoms with Crippen molar-refractivity contribution in [3.63, 3.8) is 0 Å². The fourth-order valence-corrected chi connectivity index (χ4v) is 3.98. The standard InChI is InChI=1S/C15H24N4O2S/c1-18(10-14(16)20)7-12-8-19(4-5-21-12)9-13-6-17-15(22-13)11-2-3-11/h6,11-12H,2-5,7-10H2,1H3,(H2,16,20)/t12-/m1/s1. The third kappa shape index (κ3) is 4.49. The van der Waals surface area contributed by atoms with Gasteiger partial charge in [-0.1, -0.05) is 0 Å². The molecule has 6 nitrogen and oxygen atoms in total. The van der Waals surface area contributed by atoms with Gasteiger partial charge in [-0.2, -0.15) is 0 Å². The molecule has 0 unspecified atom stereocenters. The van der Waals surface area contributed by atoms with Crippen LogP contribution >= 0.6 is 11.3 Å². The van der Waals surface area contributed by atoms with Crippen LogP contribution in [-0.4, -0.2) is 66.6 Å². The van der Waals surface area contributed by atoms with Gasteiger partial charge in [-0.25, -0.2) is 4.98 Å². The number of likely N-dealkylation sites (N-methyl/N-ethyl adjacent to an activating group) is 1. The molecule has 2 fully saturated rings. The zero-order chi connectivity index (χ0) is 15.5. The van der Waals surface area contributed by atoms with Gasteiger partial charge in [0.2, 0.25) is 5.91 Å². The van der Waals surface area contributed by atoms with Crippen LogP contribution in [0.3, 0.4) is 0 Å². The number of amides is 1. The third-order valence-corrected chi connectivity index (χ3v) is 5.19. The lowest BCUT2D eigenvalue weighted by Gasteiger charge is -2.34. The maximum Gasteiger partial charge on any atom is 0.231 e. The highest BCUT2D eigenvalue weighted by Gasteiger charge is 2.27. The van der Waals surface area contributed by atoms with Crippen LogP contribution in [0.4, 0.5) is 0 Å². The molecule has 0 spiro atoms. The second kappa shape index (κ2) is 7.04. The monoisotopic (exact) mass is 324 g/mol. The smallest absolute Gasteiger partial charge is 0.231 e. The number of carbonyl (C=O) groups excluding carboxylic acids is 1. The summed E-state index contributed by atoms with van der Waals surface area (Å²) in [6.45, 7) is 4.54. The van der Waals surface area contributed by atoms with Gasteiger partial charge < -0.3 is 10.5 Å². The fourth-order valence-electron chi connectivity index (χ4n) is 2.85. The third-order valence-electron chi connectivity index (χ3n) is 4.04. The van der Waals surface area contributed by atoms with Gasteiger partial charge in [-0.3, -0.25) is 14.6 Å². The van der Waals surface area contributed by atoms with Crippen LogP contribution in [0, 0.1) is 0 Å². The average Bonchev–Trinajstić information content (AvgIpc) is 3.19. The molecule has 0 aromatic carbocycles. The highest BCUT2D eigenvalue weighted by atomic mass is 32.1. The number of hydrogen-bond acceptors (Lipinski definition) is 6. The molecule has 122 valence electrons. The number of thiazole rings is 1. The number of rotatable bonds is 7. The lowest BCUT2D eigenvalue weighted by atomic mass is 10.2. The first-order valence-electron chi connectivity index (χ1n) is 7.85. The van der Waals surface area contributed by atoms with Gasteiger partial charge in [0.1, 0.15) is 0 Å². The number of morpholine rings is 1. The SMILES string of the molecule is CN(CC(N)=O)C[C@@H]1CN(Cc2cnc(C3CC3)s2)CCO1. The molecular weight excluding hydrogens is 300 g/mol. The first-order chi connectivity index (χ1) is 10.6. The van der Waals surface area contributed by atoms with E-state index in [1.54, 1.807) is 0 Å². The van der Waals surface area contributed by atoms with Crippen molar-refractivity contribution in [3.8, 4) is 0 Å². The summed E-state index contributed by atoms with van der Waals surface area (Å²) in [6.07, 6.45) is 4.77. The van der Waals surface area contributed by atoms with E-state index in [9.17, 15) is 4.79 Å². The number of nitrogens with two attached hydrogens (primary N) is 1. The Kier molecular flexibility index (Phi) is 5.07. The first-order valence-corrected chi connectivity index (χ1v) is 8.67. The molecule has 2 heterocycles. The average molecular weight is 324 g/mol. The van der Waals surface area contributed by atoms with E-state index in [1.165, 1.54) is 22.7 Å².